The predicted molar refractivity (Wildman–Crippen MR) is 145 cm³/mol. The number of anilines is 1. The van der Waals surface area contributed by atoms with E-state index >= 15 is 0 Å². The van der Waals surface area contributed by atoms with E-state index in [-0.39, 0.29) is 30.6 Å². The number of amides is 2. The Morgan fingerprint density at radius 1 is 1.05 bits per heavy atom. The predicted octanol–water partition coefficient (Wildman–Crippen LogP) is 5.15. The molecule has 0 radical (unpaired) electrons. The number of hydrogen-bond donors (Lipinski definition) is 1. The number of nitrogens with zero attached hydrogens (tertiary/aromatic N) is 2. The first-order valence-electron chi connectivity index (χ1n) is 12.3. The molecule has 1 aliphatic rings. The lowest BCUT2D eigenvalue weighted by Crippen LogP contribution is -2.54. The van der Waals surface area contributed by atoms with Crippen LogP contribution in [0.4, 0.5) is 10.1 Å². The van der Waals surface area contributed by atoms with Gasteiger partial charge in [0.05, 0.1) is 11.9 Å². The number of para-hydroxylation sites is 1. The van der Waals surface area contributed by atoms with Gasteiger partial charge in [-0.2, -0.15) is 0 Å². The maximum absolute atomic E-state index is 14.6. The van der Waals surface area contributed by atoms with E-state index < -0.39 is 34.3 Å². The number of rotatable bonds is 10. The van der Waals surface area contributed by atoms with Crippen molar-refractivity contribution < 1.29 is 22.4 Å². The highest BCUT2D eigenvalue weighted by molar-refractivity contribution is 7.92. The highest BCUT2D eigenvalue weighted by Crippen LogP contribution is 2.28. The van der Waals surface area contributed by atoms with E-state index in [1.165, 1.54) is 23.1 Å². The molecule has 0 unspecified atom stereocenters. The maximum Gasteiger partial charge on any atom is 0.244 e. The molecule has 0 spiro atoms. The van der Waals surface area contributed by atoms with Crippen molar-refractivity contribution in [1.29, 1.82) is 0 Å². The third-order valence-corrected chi connectivity index (χ3v) is 8.36. The minimum atomic E-state index is -4.04. The van der Waals surface area contributed by atoms with Gasteiger partial charge in [0.15, 0.2) is 0 Å². The summed E-state index contributed by atoms with van der Waals surface area (Å²) in [6.45, 7) is 0.947. The first-order valence-corrected chi connectivity index (χ1v) is 14.9. The van der Waals surface area contributed by atoms with Crippen LogP contribution in [0.3, 0.4) is 0 Å². The molecule has 3 rings (SSSR count). The van der Waals surface area contributed by atoms with Gasteiger partial charge in [-0.1, -0.05) is 67.6 Å². The van der Waals surface area contributed by atoms with Crippen LogP contribution >= 0.6 is 23.2 Å². The van der Waals surface area contributed by atoms with Gasteiger partial charge >= 0.3 is 0 Å². The lowest BCUT2D eigenvalue weighted by molar-refractivity contribution is -0.140. The van der Waals surface area contributed by atoms with Gasteiger partial charge in [-0.05, 0) is 43.5 Å². The Kier molecular flexibility index (Phi) is 10.2. The Bertz CT molecular complexity index is 1200. The summed E-state index contributed by atoms with van der Waals surface area (Å²) in [7, 11) is -4.04. The molecule has 2 amide bonds. The molecule has 7 nitrogen and oxygen atoms in total. The van der Waals surface area contributed by atoms with Crippen molar-refractivity contribution in [3.8, 4) is 0 Å². The zero-order chi connectivity index (χ0) is 27.2. The molecule has 1 aliphatic carbocycles. The Labute approximate surface area is 228 Å². The van der Waals surface area contributed by atoms with Crippen molar-refractivity contribution in [2.45, 2.75) is 64.1 Å². The highest BCUT2D eigenvalue weighted by Gasteiger charge is 2.34. The van der Waals surface area contributed by atoms with E-state index in [0.717, 1.165) is 44.4 Å². The second-order valence-corrected chi connectivity index (χ2v) is 11.9. The van der Waals surface area contributed by atoms with Gasteiger partial charge in [-0.3, -0.25) is 13.9 Å². The molecule has 1 saturated carbocycles. The maximum atomic E-state index is 14.6. The van der Waals surface area contributed by atoms with Gasteiger partial charge in [0.25, 0.3) is 0 Å². The van der Waals surface area contributed by atoms with E-state index in [0.29, 0.717) is 19.9 Å². The summed E-state index contributed by atoms with van der Waals surface area (Å²) in [6, 6.07) is 9.32. The van der Waals surface area contributed by atoms with E-state index in [2.05, 4.69) is 5.32 Å². The minimum absolute atomic E-state index is 0.0158. The molecule has 1 N–H and O–H groups in total. The SMILES string of the molecule is CC[C@H](C(=O)NC1CCCCC1)N(Cc1c(Cl)cccc1Cl)C(=O)CN(c1ccccc1F)S(C)(=O)=O. The van der Waals surface area contributed by atoms with Crippen LogP contribution in [-0.4, -0.2) is 50.0 Å². The van der Waals surface area contributed by atoms with Crippen LogP contribution in [0, 0.1) is 5.82 Å². The smallest absolute Gasteiger partial charge is 0.244 e. The second kappa shape index (κ2) is 12.9. The van der Waals surface area contributed by atoms with E-state index in [1.54, 1.807) is 25.1 Å². The molecule has 202 valence electrons. The molecule has 0 saturated heterocycles. The number of halogens is 3. The fraction of sp³-hybridized carbons (Fsp3) is 0.462. The lowest BCUT2D eigenvalue weighted by atomic mass is 9.95. The molecule has 0 aromatic heterocycles. The molecular formula is C26H32Cl2FN3O4S. The number of nitrogens with one attached hydrogen (secondary N) is 1. The summed E-state index contributed by atoms with van der Waals surface area (Å²) in [5.41, 5.74) is 0.175. The van der Waals surface area contributed by atoms with Gasteiger partial charge in [-0.15, -0.1) is 0 Å². The molecule has 0 bridgehead atoms. The third kappa shape index (κ3) is 7.58. The Morgan fingerprint density at radius 3 is 2.24 bits per heavy atom. The Hall–Kier alpha value is -2.36. The topological polar surface area (TPSA) is 86.8 Å². The molecular weight excluding hydrogens is 540 g/mol. The molecule has 2 aromatic carbocycles. The number of benzene rings is 2. The number of hydrogen-bond acceptors (Lipinski definition) is 4. The number of carbonyl (C=O) groups is 2. The fourth-order valence-electron chi connectivity index (χ4n) is 4.57. The average Bonchev–Trinajstić information content (AvgIpc) is 2.84. The molecule has 2 aromatic rings. The Balaban J connectivity index is 1.97. The summed E-state index contributed by atoms with van der Waals surface area (Å²) in [5, 5.41) is 3.67. The van der Waals surface area contributed by atoms with Crippen molar-refractivity contribution in [2.75, 3.05) is 17.1 Å². The quantitative estimate of drug-likeness (QED) is 0.427. The zero-order valence-electron chi connectivity index (χ0n) is 20.9. The third-order valence-electron chi connectivity index (χ3n) is 6.53. The summed E-state index contributed by atoms with van der Waals surface area (Å²) in [5.74, 6) is -1.80. The standard InChI is InChI=1S/C26H32Cl2FN3O4S/c1-3-23(26(34)30-18-10-5-4-6-11-18)31(16-19-20(27)12-9-13-21(19)28)25(33)17-32(37(2,35)36)24-15-8-7-14-22(24)29/h7-9,12-15,18,23H,3-6,10-11,16-17H2,1-2H3,(H,30,34)/t23-/m1/s1. The van der Waals surface area contributed by atoms with Crippen molar-refractivity contribution in [2.24, 2.45) is 0 Å². The van der Waals surface area contributed by atoms with Gasteiger partial charge in [0.2, 0.25) is 21.8 Å². The first kappa shape index (κ1) is 29.2. The van der Waals surface area contributed by atoms with Crippen LogP contribution in [0.5, 0.6) is 0 Å². The monoisotopic (exact) mass is 571 g/mol. The van der Waals surface area contributed by atoms with Crippen molar-refractivity contribution in [1.82, 2.24) is 10.2 Å². The van der Waals surface area contributed by atoms with Crippen LogP contribution < -0.4 is 9.62 Å². The van der Waals surface area contributed by atoms with E-state index in [4.69, 9.17) is 23.2 Å². The van der Waals surface area contributed by atoms with Gasteiger partial charge in [0, 0.05) is 28.2 Å². The van der Waals surface area contributed by atoms with Crippen molar-refractivity contribution >= 4 is 50.7 Å². The number of carbonyl (C=O) groups excluding carboxylic acids is 2. The summed E-state index contributed by atoms with van der Waals surface area (Å²) < 4.78 is 40.5. The van der Waals surface area contributed by atoms with Crippen molar-refractivity contribution in [3.05, 3.63) is 63.9 Å². The largest absolute Gasteiger partial charge is 0.352 e. The normalized spacial score (nSPS) is 15.2. The average molecular weight is 573 g/mol. The van der Waals surface area contributed by atoms with E-state index in [9.17, 15) is 22.4 Å². The Morgan fingerprint density at radius 2 is 1.68 bits per heavy atom. The van der Waals surface area contributed by atoms with Crippen LogP contribution in [0.25, 0.3) is 0 Å². The van der Waals surface area contributed by atoms with Gasteiger partial charge < -0.3 is 10.2 Å². The molecule has 11 heteroatoms. The molecule has 37 heavy (non-hydrogen) atoms. The molecule has 1 atom stereocenters. The highest BCUT2D eigenvalue weighted by atomic mass is 35.5. The minimum Gasteiger partial charge on any atom is -0.352 e. The molecule has 1 fully saturated rings. The lowest BCUT2D eigenvalue weighted by Gasteiger charge is -2.34. The van der Waals surface area contributed by atoms with E-state index in [1.807, 2.05) is 0 Å². The first-order chi connectivity index (χ1) is 17.5. The van der Waals surface area contributed by atoms with Gasteiger partial charge in [-0.25, -0.2) is 12.8 Å². The van der Waals surface area contributed by atoms with Crippen molar-refractivity contribution in [3.63, 3.8) is 0 Å². The van der Waals surface area contributed by atoms with Crippen LogP contribution in [-0.2, 0) is 26.2 Å². The molecule has 0 aliphatic heterocycles. The fourth-order valence-corrected chi connectivity index (χ4v) is 5.93. The summed E-state index contributed by atoms with van der Waals surface area (Å²) in [6.07, 6.45) is 6.05. The van der Waals surface area contributed by atoms with Crippen LogP contribution in [0.2, 0.25) is 10.0 Å². The van der Waals surface area contributed by atoms with Crippen LogP contribution in [0.1, 0.15) is 51.0 Å². The van der Waals surface area contributed by atoms with Gasteiger partial charge in [0.1, 0.15) is 18.4 Å². The summed E-state index contributed by atoms with van der Waals surface area (Å²) >= 11 is 12.8. The number of sulfonamides is 1. The summed E-state index contributed by atoms with van der Waals surface area (Å²) in [4.78, 5) is 28.4. The van der Waals surface area contributed by atoms with Crippen LogP contribution in [0.15, 0.2) is 42.5 Å². The second-order valence-electron chi connectivity index (χ2n) is 9.21. The zero-order valence-corrected chi connectivity index (χ0v) is 23.3. The molecule has 0 heterocycles.